The van der Waals surface area contributed by atoms with Crippen LogP contribution in [0.2, 0.25) is 0 Å². The first-order valence-electron chi connectivity index (χ1n) is 9.89. The highest BCUT2D eigenvalue weighted by molar-refractivity contribution is 6.22. The standard InChI is InChI=1S/C24H20FN3O3/c1-15(20-12-6-7-13-26-20)27-22(29)21(14-16-8-2-5-11-19(16)25)28-23(30)17-9-3-4-10-18(17)24(28)31/h2-13,15,21H,14H2,1H3,(H,27,29)/t15?,21-/m0/s1. The summed E-state index contributed by atoms with van der Waals surface area (Å²) in [6.45, 7) is 1.75. The van der Waals surface area contributed by atoms with E-state index in [1.165, 1.54) is 12.1 Å². The zero-order valence-corrected chi connectivity index (χ0v) is 16.8. The number of hydrogen-bond acceptors (Lipinski definition) is 4. The van der Waals surface area contributed by atoms with Crippen molar-refractivity contribution in [2.24, 2.45) is 0 Å². The highest BCUT2D eigenvalue weighted by Gasteiger charge is 2.43. The number of carbonyl (C=O) groups is 3. The Morgan fingerprint density at radius 3 is 2.19 bits per heavy atom. The number of nitrogens with one attached hydrogen (secondary N) is 1. The minimum absolute atomic E-state index is 0.140. The molecule has 0 saturated heterocycles. The Morgan fingerprint density at radius 1 is 0.968 bits per heavy atom. The van der Waals surface area contributed by atoms with Crippen LogP contribution in [0, 0.1) is 5.82 Å². The lowest BCUT2D eigenvalue weighted by atomic mass is 10.0. The minimum Gasteiger partial charge on any atom is -0.346 e. The smallest absolute Gasteiger partial charge is 0.262 e. The molecule has 2 aromatic carbocycles. The third-order valence-corrected chi connectivity index (χ3v) is 5.30. The number of rotatable bonds is 6. The summed E-state index contributed by atoms with van der Waals surface area (Å²) in [7, 11) is 0. The Balaban J connectivity index is 1.67. The average Bonchev–Trinajstić information content (AvgIpc) is 3.04. The molecule has 7 heteroatoms. The molecule has 0 radical (unpaired) electrons. The van der Waals surface area contributed by atoms with Gasteiger partial charge in [-0.3, -0.25) is 24.3 Å². The van der Waals surface area contributed by atoms with Crippen molar-refractivity contribution in [3.05, 3.63) is 101 Å². The van der Waals surface area contributed by atoms with Crippen molar-refractivity contribution in [2.75, 3.05) is 0 Å². The number of benzene rings is 2. The van der Waals surface area contributed by atoms with Crippen molar-refractivity contribution in [1.82, 2.24) is 15.2 Å². The van der Waals surface area contributed by atoms with Gasteiger partial charge in [0.1, 0.15) is 11.9 Å². The van der Waals surface area contributed by atoms with E-state index >= 15 is 0 Å². The van der Waals surface area contributed by atoms with Crippen molar-refractivity contribution < 1.29 is 18.8 Å². The molecule has 0 spiro atoms. The third-order valence-electron chi connectivity index (χ3n) is 5.30. The lowest BCUT2D eigenvalue weighted by Gasteiger charge is -2.27. The van der Waals surface area contributed by atoms with Gasteiger partial charge in [0.05, 0.1) is 22.9 Å². The zero-order chi connectivity index (χ0) is 22.0. The molecule has 1 unspecified atom stereocenters. The fourth-order valence-electron chi connectivity index (χ4n) is 3.68. The quantitative estimate of drug-likeness (QED) is 0.624. The molecule has 1 aliphatic rings. The monoisotopic (exact) mass is 417 g/mol. The zero-order valence-electron chi connectivity index (χ0n) is 16.8. The number of carbonyl (C=O) groups excluding carboxylic acids is 3. The summed E-state index contributed by atoms with van der Waals surface area (Å²) in [5.41, 5.74) is 1.33. The van der Waals surface area contributed by atoms with Crippen molar-refractivity contribution in [2.45, 2.75) is 25.4 Å². The van der Waals surface area contributed by atoms with Crippen LogP contribution < -0.4 is 5.32 Å². The predicted octanol–water partition coefficient (Wildman–Crippen LogP) is 3.31. The number of aromatic nitrogens is 1. The highest BCUT2D eigenvalue weighted by atomic mass is 19.1. The maximum Gasteiger partial charge on any atom is 0.262 e. The van der Waals surface area contributed by atoms with Crippen LogP contribution in [0.5, 0.6) is 0 Å². The van der Waals surface area contributed by atoms with E-state index < -0.39 is 35.6 Å². The normalized spacial score (nSPS) is 14.8. The van der Waals surface area contributed by atoms with E-state index in [1.54, 1.807) is 67.7 Å². The van der Waals surface area contributed by atoms with Crippen LogP contribution >= 0.6 is 0 Å². The SMILES string of the molecule is CC(NC(=O)[C@H](Cc1ccccc1F)N1C(=O)c2ccccc2C1=O)c1ccccn1. The van der Waals surface area contributed by atoms with Crippen LogP contribution in [-0.2, 0) is 11.2 Å². The maximum atomic E-state index is 14.4. The molecule has 0 fully saturated rings. The molecule has 156 valence electrons. The number of pyridine rings is 1. The van der Waals surface area contributed by atoms with Crippen LogP contribution in [-0.4, -0.2) is 33.6 Å². The summed E-state index contributed by atoms with van der Waals surface area (Å²) in [5.74, 6) is -2.20. The molecule has 0 aliphatic carbocycles. The molecule has 1 N–H and O–H groups in total. The number of halogens is 1. The number of amides is 3. The Hall–Kier alpha value is -3.87. The number of hydrogen-bond donors (Lipinski definition) is 1. The lowest BCUT2D eigenvalue weighted by molar-refractivity contribution is -0.125. The second-order valence-electron chi connectivity index (χ2n) is 7.32. The number of nitrogens with zero attached hydrogens (tertiary/aromatic N) is 2. The molecular formula is C24H20FN3O3. The van der Waals surface area contributed by atoms with E-state index in [9.17, 15) is 18.8 Å². The fraction of sp³-hybridized carbons (Fsp3) is 0.167. The second kappa shape index (κ2) is 8.47. The van der Waals surface area contributed by atoms with Crippen LogP contribution in [0.1, 0.15) is 44.9 Å². The summed E-state index contributed by atoms with van der Waals surface area (Å²) in [5, 5.41) is 2.81. The van der Waals surface area contributed by atoms with Gasteiger partial charge in [-0.15, -0.1) is 0 Å². The molecule has 0 bridgehead atoms. The predicted molar refractivity (Wildman–Crippen MR) is 112 cm³/mol. The largest absolute Gasteiger partial charge is 0.346 e. The van der Waals surface area contributed by atoms with Gasteiger partial charge in [0.2, 0.25) is 5.91 Å². The topological polar surface area (TPSA) is 79.4 Å². The van der Waals surface area contributed by atoms with Gasteiger partial charge in [-0.05, 0) is 42.8 Å². The molecule has 4 rings (SSSR count). The minimum atomic E-state index is -1.21. The maximum absolute atomic E-state index is 14.4. The molecule has 3 aromatic rings. The van der Waals surface area contributed by atoms with E-state index in [4.69, 9.17) is 0 Å². The molecule has 31 heavy (non-hydrogen) atoms. The average molecular weight is 417 g/mol. The Bertz CT molecular complexity index is 1110. The van der Waals surface area contributed by atoms with Crippen LogP contribution in [0.25, 0.3) is 0 Å². The molecule has 0 saturated carbocycles. The van der Waals surface area contributed by atoms with Gasteiger partial charge in [-0.25, -0.2) is 4.39 Å². The van der Waals surface area contributed by atoms with Gasteiger partial charge >= 0.3 is 0 Å². The van der Waals surface area contributed by atoms with Crippen molar-refractivity contribution in [3.8, 4) is 0 Å². The number of imide groups is 1. The van der Waals surface area contributed by atoms with E-state index in [2.05, 4.69) is 10.3 Å². The van der Waals surface area contributed by atoms with E-state index in [1.807, 2.05) is 0 Å². The summed E-state index contributed by atoms with van der Waals surface area (Å²) in [4.78, 5) is 44.4. The van der Waals surface area contributed by atoms with E-state index in [0.29, 0.717) is 5.69 Å². The van der Waals surface area contributed by atoms with E-state index in [-0.39, 0.29) is 23.1 Å². The summed E-state index contributed by atoms with van der Waals surface area (Å²) >= 11 is 0. The third kappa shape index (κ3) is 3.94. The summed E-state index contributed by atoms with van der Waals surface area (Å²) in [6, 6.07) is 16.1. The van der Waals surface area contributed by atoms with Gasteiger partial charge in [-0.2, -0.15) is 0 Å². The molecule has 1 aromatic heterocycles. The lowest BCUT2D eigenvalue weighted by Crippen LogP contribution is -2.51. The van der Waals surface area contributed by atoms with E-state index in [0.717, 1.165) is 4.90 Å². The van der Waals surface area contributed by atoms with Gasteiger partial charge in [-0.1, -0.05) is 36.4 Å². The van der Waals surface area contributed by atoms with Crippen molar-refractivity contribution in [3.63, 3.8) is 0 Å². The number of fused-ring (bicyclic) bond motifs is 1. The van der Waals surface area contributed by atoms with Crippen LogP contribution in [0.15, 0.2) is 72.9 Å². The molecule has 3 amide bonds. The van der Waals surface area contributed by atoms with Gasteiger partial charge in [0, 0.05) is 12.6 Å². The molecule has 1 aliphatic heterocycles. The molecule has 2 atom stereocenters. The van der Waals surface area contributed by atoms with Crippen LogP contribution in [0.3, 0.4) is 0 Å². The van der Waals surface area contributed by atoms with Crippen molar-refractivity contribution in [1.29, 1.82) is 0 Å². The first kappa shape index (κ1) is 20.4. The van der Waals surface area contributed by atoms with Gasteiger partial charge in [0.25, 0.3) is 11.8 Å². The molecule has 2 heterocycles. The molecule has 6 nitrogen and oxygen atoms in total. The van der Waals surface area contributed by atoms with Gasteiger partial charge in [0.15, 0.2) is 0 Å². The Labute approximate surface area is 178 Å². The highest BCUT2D eigenvalue weighted by Crippen LogP contribution is 2.27. The first-order valence-corrected chi connectivity index (χ1v) is 9.89. The summed E-state index contributed by atoms with van der Waals surface area (Å²) < 4.78 is 14.4. The first-order chi connectivity index (χ1) is 15.0. The van der Waals surface area contributed by atoms with Crippen molar-refractivity contribution >= 4 is 17.7 Å². The van der Waals surface area contributed by atoms with Gasteiger partial charge < -0.3 is 5.32 Å². The molecular weight excluding hydrogens is 397 g/mol. The second-order valence-corrected chi connectivity index (χ2v) is 7.32. The Morgan fingerprint density at radius 2 is 1.58 bits per heavy atom. The van der Waals surface area contributed by atoms with Crippen LogP contribution in [0.4, 0.5) is 4.39 Å². The fourth-order valence-corrected chi connectivity index (χ4v) is 3.68. The Kier molecular flexibility index (Phi) is 5.58. The summed E-state index contributed by atoms with van der Waals surface area (Å²) in [6.07, 6.45) is 1.47.